The third-order valence-electron chi connectivity index (χ3n) is 6.21. The molecular formula is C26H22N4O2S. The molecule has 2 aliphatic rings. The van der Waals surface area contributed by atoms with Crippen LogP contribution in [0.5, 0.6) is 5.75 Å². The van der Waals surface area contributed by atoms with Gasteiger partial charge in [0, 0.05) is 11.3 Å². The van der Waals surface area contributed by atoms with Crippen molar-refractivity contribution < 1.29 is 9.53 Å². The van der Waals surface area contributed by atoms with Crippen LogP contribution in [0.15, 0.2) is 48.5 Å². The number of fused-ring (bicyclic) bond motifs is 2. The number of nitrogens with one attached hydrogen (secondary N) is 1. The molecule has 0 unspecified atom stereocenters. The van der Waals surface area contributed by atoms with Crippen molar-refractivity contribution in [3.05, 3.63) is 75.9 Å². The highest BCUT2D eigenvalue weighted by atomic mass is 32.1. The zero-order valence-corrected chi connectivity index (χ0v) is 19.0. The van der Waals surface area contributed by atoms with Crippen molar-refractivity contribution in [2.24, 2.45) is 0 Å². The van der Waals surface area contributed by atoms with Crippen LogP contribution < -0.4 is 10.1 Å². The summed E-state index contributed by atoms with van der Waals surface area (Å²) in [6, 6.07) is 15.8. The molecule has 2 aliphatic carbocycles. The number of nitrogens with zero attached hydrogens (tertiary/aromatic N) is 3. The van der Waals surface area contributed by atoms with Crippen molar-refractivity contribution in [1.82, 2.24) is 15.2 Å². The van der Waals surface area contributed by atoms with E-state index in [-0.39, 0.29) is 5.91 Å². The van der Waals surface area contributed by atoms with Crippen LogP contribution in [0.3, 0.4) is 0 Å². The lowest BCUT2D eigenvalue weighted by atomic mass is 10.00. The normalized spacial score (nSPS) is 16.2. The van der Waals surface area contributed by atoms with Gasteiger partial charge in [0.15, 0.2) is 0 Å². The number of benzene rings is 2. The Morgan fingerprint density at radius 3 is 2.70 bits per heavy atom. The number of ether oxygens (including phenoxy) is 1. The van der Waals surface area contributed by atoms with E-state index in [4.69, 9.17) is 9.72 Å². The third-order valence-corrected chi connectivity index (χ3v) is 7.21. The summed E-state index contributed by atoms with van der Waals surface area (Å²) in [4.78, 5) is 18.4. The molecule has 0 spiro atoms. The lowest BCUT2D eigenvalue weighted by molar-refractivity contribution is 0.102. The van der Waals surface area contributed by atoms with Gasteiger partial charge in [0.1, 0.15) is 10.8 Å². The van der Waals surface area contributed by atoms with Gasteiger partial charge in [-0.15, -0.1) is 10.2 Å². The number of hydrogen-bond donors (Lipinski definition) is 1. The first-order chi connectivity index (χ1) is 16.2. The summed E-state index contributed by atoms with van der Waals surface area (Å²) >= 11 is 1.48. The highest BCUT2D eigenvalue weighted by molar-refractivity contribution is 7.15. The molecule has 2 heterocycles. The van der Waals surface area contributed by atoms with Crippen molar-refractivity contribution in [1.29, 1.82) is 0 Å². The van der Waals surface area contributed by atoms with Gasteiger partial charge in [-0.3, -0.25) is 10.1 Å². The van der Waals surface area contributed by atoms with E-state index in [0.717, 1.165) is 69.7 Å². The standard InChI is InChI=1S/C26H22N4O2S/c1-32-18-11-6-15(7-12-18)14-17-10-13-20-22(19-4-2-3-5-21(19)27-23(17)20)24(31)28-26-30-29-25(33-26)16-8-9-16/h2-7,11-12,14,16H,8-10,13H2,1H3,(H,28,30,31)/b17-14-. The number of rotatable bonds is 5. The molecule has 0 saturated heterocycles. The predicted octanol–water partition coefficient (Wildman–Crippen LogP) is 5.71. The van der Waals surface area contributed by atoms with Gasteiger partial charge in [-0.25, -0.2) is 4.98 Å². The highest BCUT2D eigenvalue weighted by Gasteiger charge is 2.29. The number of carbonyl (C=O) groups excluding carboxylic acids is 1. The van der Waals surface area contributed by atoms with Gasteiger partial charge >= 0.3 is 0 Å². The molecule has 164 valence electrons. The van der Waals surface area contributed by atoms with E-state index in [1.54, 1.807) is 7.11 Å². The van der Waals surface area contributed by atoms with Crippen LogP contribution in [0.1, 0.15) is 57.4 Å². The fourth-order valence-corrected chi connectivity index (χ4v) is 5.29. The summed E-state index contributed by atoms with van der Waals surface area (Å²) in [6.07, 6.45) is 6.10. The lowest BCUT2D eigenvalue weighted by Crippen LogP contribution is -2.15. The Labute approximate surface area is 195 Å². The Kier molecular flexibility index (Phi) is 4.91. The number of amides is 1. The molecule has 6 rings (SSSR count). The van der Waals surface area contributed by atoms with Gasteiger partial charge in [-0.1, -0.05) is 41.7 Å². The number of hydrogen-bond acceptors (Lipinski definition) is 6. The molecule has 33 heavy (non-hydrogen) atoms. The fourth-order valence-electron chi connectivity index (χ4n) is 4.38. The minimum atomic E-state index is -0.144. The van der Waals surface area contributed by atoms with Crippen LogP contribution in [0.25, 0.3) is 22.6 Å². The van der Waals surface area contributed by atoms with E-state index in [1.807, 2.05) is 48.5 Å². The molecule has 1 amide bonds. The largest absolute Gasteiger partial charge is 0.497 e. The second-order valence-corrected chi connectivity index (χ2v) is 9.46. The van der Waals surface area contributed by atoms with Gasteiger partial charge < -0.3 is 4.74 Å². The number of carbonyl (C=O) groups is 1. The number of para-hydroxylation sites is 1. The summed E-state index contributed by atoms with van der Waals surface area (Å²) in [5.74, 6) is 1.20. The minimum absolute atomic E-state index is 0.144. The number of pyridine rings is 1. The van der Waals surface area contributed by atoms with Crippen molar-refractivity contribution in [3.63, 3.8) is 0 Å². The van der Waals surface area contributed by atoms with Crippen molar-refractivity contribution in [3.8, 4) is 5.75 Å². The van der Waals surface area contributed by atoms with Gasteiger partial charge in [0.25, 0.3) is 5.91 Å². The first kappa shape index (κ1) is 20.1. The van der Waals surface area contributed by atoms with Crippen molar-refractivity contribution in [2.75, 3.05) is 12.4 Å². The van der Waals surface area contributed by atoms with Crippen LogP contribution in [0.2, 0.25) is 0 Å². The molecule has 0 radical (unpaired) electrons. The maximum absolute atomic E-state index is 13.5. The van der Waals surface area contributed by atoms with Crippen LogP contribution in [-0.2, 0) is 6.42 Å². The number of anilines is 1. The molecule has 2 aromatic carbocycles. The molecule has 4 aromatic rings. The highest BCUT2D eigenvalue weighted by Crippen LogP contribution is 2.42. The predicted molar refractivity (Wildman–Crippen MR) is 131 cm³/mol. The summed E-state index contributed by atoms with van der Waals surface area (Å²) < 4.78 is 5.27. The monoisotopic (exact) mass is 454 g/mol. The average Bonchev–Trinajstić information content (AvgIpc) is 3.47. The van der Waals surface area contributed by atoms with E-state index in [2.05, 4.69) is 21.6 Å². The lowest BCUT2D eigenvalue weighted by Gasteiger charge is -2.12. The third kappa shape index (κ3) is 3.78. The fraction of sp³-hybridized carbons (Fsp3) is 0.231. The van der Waals surface area contributed by atoms with E-state index in [1.165, 1.54) is 11.3 Å². The quantitative estimate of drug-likeness (QED) is 0.418. The topological polar surface area (TPSA) is 77.0 Å². The molecule has 0 aliphatic heterocycles. The average molecular weight is 455 g/mol. The molecule has 0 atom stereocenters. The van der Waals surface area contributed by atoms with Crippen LogP contribution in [0, 0.1) is 0 Å². The molecular weight excluding hydrogens is 432 g/mol. The molecule has 6 nitrogen and oxygen atoms in total. The second-order valence-electron chi connectivity index (χ2n) is 8.45. The van der Waals surface area contributed by atoms with Gasteiger partial charge in [-0.05, 0) is 66.7 Å². The van der Waals surface area contributed by atoms with Gasteiger partial charge in [0.2, 0.25) is 5.13 Å². The maximum Gasteiger partial charge on any atom is 0.258 e. The molecule has 1 saturated carbocycles. The molecule has 0 bridgehead atoms. The number of aromatic nitrogens is 3. The van der Waals surface area contributed by atoms with Gasteiger partial charge in [-0.2, -0.15) is 0 Å². The first-order valence-electron chi connectivity index (χ1n) is 11.1. The zero-order chi connectivity index (χ0) is 22.4. The Bertz CT molecular complexity index is 1400. The first-order valence-corrected chi connectivity index (χ1v) is 11.9. The summed E-state index contributed by atoms with van der Waals surface area (Å²) in [7, 11) is 1.66. The second kappa shape index (κ2) is 8.08. The van der Waals surface area contributed by atoms with E-state index in [9.17, 15) is 4.79 Å². The van der Waals surface area contributed by atoms with Crippen LogP contribution in [0.4, 0.5) is 5.13 Å². The zero-order valence-electron chi connectivity index (χ0n) is 18.2. The Morgan fingerprint density at radius 1 is 1.09 bits per heavy atom. The maximum atomic E-state index is 13.5. The minimum Gasteiger partial charge on any atom is -0.497 e. The van der Waals surface area contributed by atoms with E-state index >= 15 is 0 Å². The Hall–Kier alpha value is -3.58. The molecule has 1 N–H and O–H groups in total. The Morgan fingerprint density at radius 2 is 1.91 bits per heavy atom. The van der Waals surface area contributed by atoms with Crippen LogP contribution >= 0.6 is 11.3 Å². The van der Waals surface area contributed by atoms with Gasteiger partial charge in [0.05, 0.1) is 23.9 Å². The number of allylic oxidation sites excluding steroid dienone is 1. The van der Waals surface area contributed by atoms with Crippen molar-refractivity contribution in [2.45, 2.75) is 31.6 Å². The van der Waals surface area contributed by atoms with Crippen LogP contribution in [-0.4, -0.2) is 28.2 Å². The Balaban J connectivity index is 1.40. The number of methoxy groups -OCH3 is 1. The van der Waals surface area contributed by atoms with E-state index < -0.39 is 0 Å². The SMILES string of the molecule is COc1ccc(/C=C2/CCc3c2nc2ccccc2c3C(=O)Nc2nnc(C3CC3)s2)cc1. The van der Waals surface area contributed by atoms with Crippen molar-refractivity contribution >= 4 is 44.9 Å². The summed E-state index contributed by atoms with van der Waals surface area (Å²) in [6.45, 7) is 0. The van der Waals surface area contributed by atoms with E-state index in [0.29, 0.717) is 16.6 Å². The molecule has 1 fully saturated rings. The smallest absolute Gasteiger partial charge is 0.258 e. The molecule has 2 aromatic heterocycles. The molecule has 7 heteroatoms. The summed E-state index contributed by atoms with van der Waals surface area (Å²) in [5, 5.41) is 13.9. The summed E-state index contributed by atoms with van der Waals surface area (Å²) in [5.41, 5.74) is 5.64.